The van der Waals surface area contributed by atoms with Crippen LogP contribution in [0, 0.1) is 0 Å². The number of hydrogen-bond donors (Lipinski definition) is 1. The normalized spacial score (nSPS) is 14.3. The number of rotatable bonds is 3. The van der Waals surface area contributed by atoms with Gasteiger partial charge in [0.25, 0.3) is 0 Å². The van der Waals surface area contributed by atoms with Crippen LogP contribution < -0.4 is 0 Å². The van der Waals surface area contributed by atoms with E-state index >= 15 is 0 Å². The van der Waals surface area contributed by atoms with Gasteiger partial charge in [-0.3, -0.25) is 9.69 Å². The Kier molecular flexibility index (Phi) is 5.43. The van der Waals surface area contributed by atoms with Crippen molar-refractivity contribution in [1.82, 2.24) is 4.90 Å². The molecule has 2 heterocycles. The summed E-state index contributed by atoms with van der Waals surface area (Å²) in [6.45, 7) is 1.63. The number of thiophene rings is 1. The molecule has 3 nitrogen and oxygen atoms in total. The summed E-state index contributed by atoms with van der Waals surface area (Å²) in [7, 11) is 0. The van der Waals surface area contributed by atoms with Gasteiger partial charge in [0.05, 0.1) is 6.54 Å². The number of halogens is 2. The van der Waals surface area contributed by atoms with E-state index in [0.29, 0.717) is 6.54 Å². The lowest BCUT2D eigenvalue weighted by Crippen LogP contribution is -2.34. The van der Waals surface area contributed by atoms with Gasteiger partial charge in [0, 0.05) is 33.4 Å². The summed E-state index contributed by atoms with van der Waals surface area (Å²) in [5.41, 5.74) is 2.29. The Morgan fingerprint density at radius 2 is 2.14 bits per heavy atom. The second kappa shape index (κ2) is 6.92. The van der Waals surface area contributed by atoms with Gasteiger partial charge >= 0.3 is 5.97 Å². The minimum Gasteiger partial charge on any atom is -0.480 e. The van der Waals surface area contributed by atoms with Gasteiger partial charge in [0.2, 0.25) is 0 Å². The fourth-order valence-corrected chi connectivity index (χ4v) is 4.01. The summed E-state index contributed by atoms with van der Waals surface area (Å²) in [6, 6.07) is 9.97. The molecule has 1 aromatic carbocycles. The average Bonchev–Trinajstić information content (AvgIpc) is 2.81. The first kappa shape index (κ1) is 16.5. The third-order valence-electron chi connectivity index (χ3n) is 3.44. The van der Waals surface area contributed by atoms with Crippen molar-refractivity contribution in [2.75, 3.05) is 13.1 Å². The molecule has 1 aliphatic heterocycles. The first-order chi connectivity index (χ1) is 9.63. The minimum absolute atomic E-state index is 0. The molecule has 0 unspecified atom stereocenters. The molecular formula is C15H15BrClNO2S. The maximum absolute atomic E-state index is 10.8. The van der Waals surface area contributed by atoms with Crippen molar-refractivity contribution in [3.05, 3.63) is 45.8 Å². The molecule has 0 radical (unpaired) electrons. The number of benzene rings is 1. The van der Waals surface area contributed by atoms with E-state index in [2.05, 4.69) is 6.07 Å². The molecule has 0 spiro atoms. The van der Waals surface area contributed by atoms with Gasteiger partial charge in [0.15, 0.2) is 0 Å². The van der Waals surface area contributed by atoms with Crippen LogP contribution in [0.2, 0.25) is 5.02 Å². The molecule has 6 heteroatoms. The largest absolute Gasteiger partial charge is 0.480 e. The van der Waals surface area contributed by atoms with Gasteiger partial charge < -0.3 is 5.11 Å². The topological polar surface area (TPSA) is 40.5 Å². The van der Waals surface area contributed by atoms with Crippen LogP contribution in [0.5, 0.6) is 0 Å². The van der Waals surface area contributed by atoms with E-state index in [1.54, 1.807) is 11.3 Å². The highest BCUT2D eigenvalue weighted by atomic mass is 79.9. The number of carboxylic acid groups (broad SMARTS) is 1. The summed E-state index contributed by atoms with van der Waals surface area (Å²) >= 11 is 8.00. The maximum Gasteiger partial charge on any atom is 0.317 e. The first-order valence-electron chi connectivity index (χ1n) is 6.44. The molecule has 0 fully saturated rings. The Labute approximate surface area is 142 Å². The Bertz CT molecular complexity index is 659. The van der Waals surface area contributed by atoms with Crippen LogP contribution in [-0.4, -0.2) is 29.1 Å². The molecule has 0 bridgehead atoms. The molecule has 0 saturated carbocycles. The van der Waals surface area contributed by atoms with Crippen LogP contribution in [0.4, 0.5) is 0 Å². The van der Waals surface area contributed by atoms with Gasteiger partial charge in [0.1, 0.15) is 0 Å². The van der Waals surface area contributed by atoms with Crippen molar-refractivity contribution >= 4 is 45.9 Å². The Hall–Kier alpha value is -0.880. The van der Waals surface area contributed by atoms with E-state index in [1.165, 1.54) is 10.4 Å². The van der Waals surface area contributed by atoms with Crippen molar-refractivity contribution in [3.8, 4) is 10.4 Å². The number of carbonyl (C=O) groups is 1. The zero-order valence-corrected chi connectivity index (χ0v) is 14.5. The smallest absolute Gasteiger partial charge is 0.317 e. The highest BCUT2D eigenvalue weighted by molar-refractivity contribution is 8.93. The number of aliphatic carboxylic acids is 1. The highest BCUT2D eigenvalue weighted by Crippen LogP contribution is 2.37. The molecule has 21 heavy (non-hydrogen) atoms. The second-order valence-electron chi connectivity index (χ2n) is 4.89. The number of fused-ring (bicyclic) bond motifs is 1. The number of carboxylic acids is 1. The predicted molar refractivity (Wildman–Crippen MR) is 91.7 cm³/mol. The second-order valence-corrected chi connectivity index (χ2v) is 6.44. The highest BCUT2D eigenvalue weighted by Gasteiger charge is 2.21. The third kappa shape index (κ3) is 3.66. The summed E-state index contributed by atoms with van der Waals surface area (Å²) in [5.74, 6) is -0.769. The molecule has 112 valence electrons. The number of nitrogens with zero attached hydrogens (tertiary/aromatic N) is 1. The Morgan fingerprint density at radius 3 is 2.86 bits per heavy atom. The lowest BCUT2D eigenvalue weighted by Gasteiger charge is -2.24. The summed E-state index contributed by atoms with van der Waals surface area (Å²) in [5, 5.41) is 9.63. The average molecular weight is 389 g/mol. The first-order valence-corrected chi connectivity index (χ1v) is 7.63. The van der Waals surface area contributed by atoms with Crippen LogP contribution in [0.25, 0.3) is 10.4 Å². The molecule has 0 atom stereocenters. The van der Waals surface area contributed by atoms with Crippen molar-refractivity contribution < 1.29 is 9.90 Å². The molecule has 3 rings (SSSR count). The SMILES string of the molecule is Br.O=C(O)CN1CCc2sc(-c3ccccc3Cl)cc2C1. The van der Waals surface area contributed by atoms with Gasteiger partial charge in [-0.05, 0) is 24.1 Å². The predicted octanol–water partition coefficient (Wildman–Crippen LogP) is 4.09. The summed E-state index contributed by atoms with van der Waals surface area (Å²) < 4.78 is 0. The van der Waals surface area contributed by atoms with E-state index in [4.69, 9.17) is 16.7 Å². The van der Waals surface area contributed by atoms with Crippen molar-refractivity contribution in [3.63, 3.8) is 0 Å². The summed E-state index contributed by atoms with van der Waals surface area (Å²) in [6.07, 6.45) is 0.914. The van der Waals surface area contributed by atoms with Gasteiger partial charge in [-0.2, -0.15) is 0 Å². The van der Waals surface area contributed by atoms with E-state index in [1.807, 2.05) is 29.2 Å². The van der Waals surface area contributed by atoms with Gasteiger partial charge in [-0.1, -0.05) is 29.8 Å². The Balaban J connectivity index is 0.00000161. The lowest BCUT2D eigenvalue weighted by atomic mass is 10.1. The maximum atomic E-state index is 10.8. The van der Waals surface area contributed by atoms with Crippen LogP contribution in [-0.2, 0) is 17.8 Å². The molecule has 1 aliphatic rings. The standard InChI is InChI=1S/C15H14ClNO2S.BrH/c16-12-4-2-1-3-11(12)14-7-10-8-17(9-15(18)19)6-5-13(10)20-14;/h1-4,7H,5-6,8-9H2,(H,18,19);1H. The van der Waals surface area contributed by atoms with Crippen LogP contribution in [0.1, 0.15) is 10.4 Å². The zero-order chi connectivity index (χ0) is 14.1. The van der Waals surface area contributed by atoms with Gasteiger partial charge in [-0.15, -0.1) is 28.3 Å². The quantitative estimate of drug-likeness (QED) is 0.861. The van der Waals surface area contributed by atoms with E-state index < -0.39 is 5.97 Å². The van der Waals surface area contributed by atoms with Crippen LogP contribution >= 0.6 is 39.9 Å². The van der Waals surface area contributed by atoms with Crippen molar-refractivity contribution in [2.45, 2.75) is 13.0 Å². The van der Waals surface area contributed by atoms with Crippen molar-refractivity contribution in [1.29, 1.82) is 0 Å². The fourth-order valence-electron chi connectivity index (χ4n) is 2.51. The minimum atomic E-state index is -0.769. The van der Waals surface area contributed by atoms with E-state index in [0.717, 1.165) is 28.4 Å². The van der Waals surface area contributed by atoms with E-state index in [-0.39, 0.29) is 23.5 Å². The van der Waals surface area contributed by atoms with Crippen LogP contribution in [0.3, 0.4) is 0 Å². The van der Waals surface area contributed by atoms with Crippen LogP contribution in [0.15, 0.2) is 30.3 Å². The molecule has 1 aromatic heterocycles. The van der Waals surface area contributed by atoms with Crippen molar-refractivity contribution in [2.24, 2.45) is 0 Å². The summed E-state index contributed by atoms with van der Waals surface area (Å²) in [4.78, 5) is 15.3. The lowest BCUT2D eigenvalue weighted by molar-refractivity contribution is -0.138. The fraction of sp³-hybridized carbons (Fsp3) is 0.267. The zero-order valence-electron chi connectivity index (χ0n) is 11.2. The number of hydrogen-bond acceptors (Lipinski definition) is 3. The molecule has 0 amide bonds. The molecule has 1 N–H and O–H groups in total. The van der Waals surface area contributed by atoms with Gasteiger partial charge in [-0.25, -0.2) is 0 Å². The Morgan fingerprint density at radius 1 is 1.38 bits per heavy atom. The molecular weight excluding hydrogens is 374 g/mol. The van der Waals surface area contributed by atoms with E-state index in [9.17, 15) is 4.79 Å². The molecule has 0 aliphatic carbocycles. The molecule has 2 aromatic rings. The monoisotopic (exact) mass is 387 g/mol. The third-order valence-corrected chi connectivity index (χ3v) is 5.04. The molecule has 0 saturated heterocycles.